The Bertz CT molecular complexity index is 588. The number of unbranched alkanes of at least 4 members (excludes halogenated alkanes) is 1. The second kappa shape index (κ2) is 12.2. The average molecular weight is 402 g/mol. The van der Waals surface area contributed by atoms with Gasteiger partial charge in [-0.3, -0.25) is 4.90 Å². The van der Waals surface area contributed by atoms with Crippen molar-refractivity contribution < 1.29 is 4.79 Å². The predicted octanol–water partition coefficient (Wildman–Crippen LogP) is 2.32. The van der Waals surface area contributed by atoms with Gasteiger partial charge in [0, 0.05) is 65.4 Å². The standard InChI is InChI=1S/C23H39N5O/c1-2-25-15-17-26(18-16-25)12-7-6-11-24-23(29)28-14-8-13-27(19-20-28)21-22-9-4-3-5-10-22/h3-5,9-10H,2,6-8,11-21H2,1H3,(H,24,29). The molecule has 1 N–H and O–H groups in total. The number of nitrogens with zero attached hydrogens (tertiary/aromatic N) is 4. The van der Waals surface area contributed by atoms with Gasteiger partial charge in [0.05, 0.1) is 0 Å². The molecule has 0 bridgehead atoms. The first kappa shape index (κ1) is 22.1. The number of carbonyl (C=O) groups excluding carboxylic acids is 1. The van der Waals surface area contributed by atoms with Crippen LogP contribution in [0.25, 0.3) is 0 Å². The summed E-state index contributed by atoms with van der Waals surface area (Å²) in [5.41, 5.74) is 1.35. The van der Waals surface area contributed by atoms with Crippen molar-refractivity contribution in [3.05, 3.63) is 35.9 Å². The Morgan fingerprint density at radius 3 is 2.34 bits per heavy atom. The molecule has 0 saturated carbocycles. The lowest BCUT2D eigenvalue weighted by Crippen LogP contribution is -2.46. The number of amides is 2. The third-order valence-electron chi connectivity index (χ3n) is 6.21. The van der Waals surface area contributed by atoms with Crippen molar-refractivity contribution in [2.45, 2.75) is 32.7 Å². The molecule has 6 nitrogen and oxygen atoms in total. The number of rotatable bonds is 8. The molecule has 1 aromatic carbocycles. The normalized spacial score (nSPS) is 19.8. The minimum Gasteiger partial charge on any atom is -0.338 e. The molecule has 2 amide bonds. The van der Waals surface area contributed by atoms with Crippen LogP contribution in [0, 0.1) is 0 Å². The lowest BCUT2D eigenvalue weighted by atomic mass is 10.2. The van der Waals surface area contributed by atoms with Crippen LogP contribution in [0.2, 0.25) is 0 Å². The van der Waals surface area contributed by atoms with Gasteiger partial charge in [0.1, 0.15) is 0 Å². The van der Waals surface area contributed by atoms with Crippen LogP contribution in [0.5, 0.6) is 0 Å². The summed E-state index contributed by atoms with van der Waals surface area (Å²) in [6.45, 7) is 14.8. The summed E-state index contributed by atoms with van der Waals surface area (Å²) in [7, 11) is 0. The third-order valence-corrected chi connectivity index (χ3v) is 6.21. The summed E-state index contributed by atoms with van der Waals surface area (Å²) in [5.74, 6) is 0. The van der Waals surface area contributed by atoms with Crippen molar-refractivity contribution in [2.24, 2.45) is 0 Å². The van der Waals surface area contributed by atoms with Crippen LogP contribution in [0.4, 0.5) is 4.79 Å². The summed E-state index contributed by atoms with van der Waals surface area (Å²) in [5, 5.41) is 3.14. The molecule has 0 unspecified atom stereocenters. The molecule has 0 atom stereocenters. The van der Waals surface area contributed by atoms with E-state index < -0.39 is 0 Å². The summed E-state index contributed by atoms with van der Waals surface area (Å²) in [6, 6.07) is 10.7. The highest BCUT2D eigenvalue weighted by atomic mass is 16.2. The topological polar surface area (TPSA) is 42.1 Å². The highest BCUT2D eigenvalue weighted by Gasteiger charge is 2.19. The van der Waals surface area contributed by atoms with Gasteiger partial charge < -0.3 is 20.0 Å². The molecule has 2 fully saturated rings. The zero-order valence-corrected chi connectivity index (χ0v) is 18.2. The fourth-order valence-corrected chi connectivity index (χ4v) is 4.27. The van der Waals surface area contributed by atoms with E-state index in [1.165, 1.54) is 38.3 Å². The molecule has 0 aliphatic carbocycles. The smallest absolute Gasteiger partial charge is 0.317 e. The van der Waals surface area contributed by atoms with Gasteiger partial charge in [-0.25, -0.2) is 4.79 Å². The number of carbonyl (C=O) groups is 1. The maximum atomic E-state index is 12.5. The first-order valence-electron chi connectivity index (χ1n) is 11.5. The van der Waals surface area contributed by atoms with Crippen LogP contribution < -0.4 is 5.32 Å². The van der Waals surface area contributed by atoms with Crippen LogP contribution in [0.1, 0.15) is 31.7 Å². The minimum atomic E-state index is 0.114. The molecule has 2 aliphatic heterocycles. The maximum Gasteiger partial charge on any atom is 0.317 e. The summed E-state index contributed by atoms with van der Waals surface area (Å²) in [6.07, 6.45) is 3.27. The Morgan fingerprint density at radius 2 is 1.59 bits per heavy atom. The Labute approximate surface area is 176 Å². The Hall–Kier alpha value is -1.63. The number of likely N-dealkylation sites (N-methyl/N-ethyl adjacent to an activating group) is 1. The van der Waals surface area contributed by atoms with Gasteiger partial charge in [-0.2, -0.15) is 0 Å². The fraction of sp³-hybridized carbons (Fsp3) is 0.696. The van der Waals surface area contributed by atoms with Crippen LogP contribution in [-0.2, 0) is 6.54 Å². The number of hydrogen-bond acceptors (Lipinski definition) is 4. The van der Waals surface area contributed by atoms with Crippen LogP contribution in [-0.4, -0.2) is 97.6 Å². The lowest BCUT2D eigenvalue weighted by molar-refractivity contribution is 0.135. The molecular weight excluding hydrogens is 362 g/mol. The van der Waals surface area contributed by atoms with Crippen LogP contribution in [0.3, 0.4) is 0 Å². The first-order chi connectivity index (χ1) is 14.2. The molecule has 2 heterocycles. The van der Waals surface area contributed by atoms with Crippen molar-refractivity contribution in [1.82, 2.24) is 24.9 Å². The number of hydrogen-bond donors (Lipinski definition) is 1. The molecule has 1 aromatic rings. The minimum absolute atomic E-state index is 0.114. The zero-order valence-electron chi connectivity index (χ0n) is 18.2. The number of benzene rings is 1. The quantitative estimate of drug-likeness (QED) is 0.679. The van der Waals surface area contributed by atoms with Gasteiger partial charge in [-0.1, -0.05) is 37.3 Å². The average Bonchev–Trinajstić information content (AvgIpc) is 3.00. The second-order valence-electron chi connectivity index (χ2n) is 8.32. The van der Waals surface area contributed by atoms with Crippen molar-refractivity contribution in [2.75, 3.05) is 72.0 Å². The molecule has 6 heteroatoms. The van der Waals surface area contributed by atoms with Crippen LogP contribution >= 0.6 is 0 Å². The van der Waals surface area contributed by atoms with Gasteiger partial charge >= 0.3 is 6.03 Å². The molecule has 2 saturated heterocycles. The maximum absolute atomic E-state index is 12.5. The first-order valence-corrected chi connectivity index (χ1v) is 11.5. The van der Waals surface area contributed by atoms with Gasteiger partial charge in [-0.15, -0.1) is 0 Å². The molecule has 2 aliphatic rings. The molecule has 0 spiro atoms. The lowest BCUT2D eigenvalue weighted by Gasteiger charge is -2.34. The van der Waals surface area contributed by atoms with E-state index in [-0.39, 0.29) is 6.03 Å². The van der Waals surface area contributed by atoms with Gasteiger partial charge in [-0.05, 0) is 37.9 Å². The molecule has 3 rings (SSSR count). The molecular formula is C23H39N5O. The zero-order chi connectivity index (χ0) is 20.3. The van der Waals surface area contributed by atoms with Crippen molar-refractivity contribution in [3.63, 3.8) is 0 Å². The van der Waals surface area contributed by atoms with E-state index in [1.807, 2.05) is 4.90 Å². The highest BCUT2D eigenvalue weighted by Crippen LogP contribution is 2.09. The molecule has 162 valence electrons. The van der Waals surface area contributed by atoms with E-state index in [9.17, 15) is 4.79 Å². The van der Waals surface area contributed by atoms with E-state index in [4.69, 9.17) is 0 Å². The summed E-state index contributed by atoms with van der Waals surface area (Å²) >= 11 is 0. The SMILES string of the molecule is CCN1CCN(CCCCNC(=O)N2CCCN(Cc3ccccc3)CC2)CC1. The Kier molecular flexibility index (Phi) is 9.25. The second-order valence-corrected chi connectivity index (χ2v) is 8.32. The van der Waals surface area contributed by atoms with Crippen LogP contribution in [0.15, 0.2) is 30.3 Å². The fourth-order valence-electron chi connectivity index (χ4n) is 4.27. The number of nitrogens with one attached hydrogen (secondary N) is 1. The van der Waals surface area contributed by atoms with E-state index in [1.54, 1.807) is 0 Å². The molecule has 29 heavy (non-hydrogen) atoms. The molecule has 0 aromatic heterocycles. The van der Waals surface area contributed by atoms with Gasteiger partial charge in [0.15, 0.2) is 0 Å². The third kappa shape index (κ3) is 7.61. The Morgan fingerprint density at radius 1 is 0.862 bits per heavy atom. The van der Waals surface area contributed by atoms with Gasteiger partial charge in [0.25, 0.3) is 0 Å². The van der Waals surface area contributed by atoms with Crippen molar-refractivity contribution in [3.8, 4) is 0 Å². The van der Waals surface area contributed by atoms with E-state index in [0.29, 0.717) is 0 Å². The van der Waals surface area contributed by atoms with Crippen molar-refractivity contribution in [1.29, 1.82) is 0 Å². The monoisotopic (exact) mass is 401 g/mol. The predicted molar refractivity (Wildman–Crippen MR) is 119 cm³/mol. The largest absolute Gasteiger partial charge is 0.338 e. The van der Waals surface area contributed by atoms with E-state index in [0.717, 1.165) is 65.1 Å². The van der Waals surface area contributed by atoms with E-state index >= 15 is 0 Å². The summed E-state index contributed by atoms with van der Waals surface area (Å²) in [4.78, 5) is 22.1. The number of urea groups is 1. The number of piperazine rings is 1. The van der Waals surface area contributed by atoms with E-state index in [2.05, 4.69) is 57.3 Å². The summed E-state index contributed by atoms with van der Waals surface area (Å²) < 4.78 is 0. The molecule has 0 radical (unpaired) electrons. The van der Waals surface area contributed by atoms with Gasteiger partial charge in [0.2, 0.25) is 0 Å². The highest BCUT2D eigenvalue weighted by molar-refractivity contribution is 5.74. The van der Waals surface area contributed by atoms with Crippen molar-refractivity contribution >= 4 is 6.03 Å². The Balaban J connectivity index is 1.27.